The van der Waals surface area contributed by atoms with Crippen molar-refractivity contribution < 1.29 is 13.7 Å². The van der Waals surface area contributed by atoms with Crippen molar-refractivity contribution in [3.05, 3.63) is 65.3 Å². The molecule has 4 aromatic rings. The molecule has 2 heterocycles. The third-order valence-electron chi connectivity index (χ3n) is 3.37. The Kier molecular flexibility index (Phi) is 4.26. The molecule has 7 nitrogen and oxygen atoms in total. The number of ether oxygens (including phenoxy) is 1. The molecule has 2 aromatic carbocycles. The average Bonchev–Trinajstić information content (AvgIpc) is 3.32. The maximum absolute atomic E-state index is 5.67. The van der Waals surface area contributed by atoms with E-state index in [1.807, 2.05) is 48.5 Å². The summed E-state index contributed by atoms with van der Waals surface area (Å²) in [5, 5.41) is 11.5. The quantitative estimate of drug-likeness (QED) is 0.499. The summed E-state index contributed by atoms with van der Waals surface area (Å²) in [6.07, 6.45) is 1.29. The molecule has 0 fully saturated rings. The first-order valence-corrected chi connectivity index (χ1v) is 8.15. The summed E-state index contributed by atoms with van der Waals surface area (Å²) < 4.78 is 17.0. The molecule has 0 aliphatic heterocycles. The van der Waals surface area contributed by atoms with Crippen molar-refractivity contribution in [1.82, 2.24) is 20.3 Å². The van der Waals surface area contributed by atoms with Crippen molar-refractivity contribution in [3.8, 4) is 28.6 Å². The number of halogens is 1. The van der Waals surface area contributed by atoms with Gasteiger partial charge >= 0.3 is 0 Å². The summed E-state index contributed by atoms with van der Waals surface area (Å²) in [5.41, 5.74) is 1.69. The van der Waals surface area contributed by atoms with Crippen molar-refractivity contribution in [3.63, 3.8) is 0 Å². The van der Waals surface area contributed by atoms with Crippen molar-refractivity contribution >= 4 is 15.9 Å². The summed E-state index contributed by atoms with van der Waals surface area (Å²) in [5.74, 6) is 2.05. The molecule has 124 valence electrons. The van der Waals surface area contributed by atoms with E-state index in [-0.39, 0.29) is 6.61 Å². The van der Waals surface area contributed by atoms with Crippen molar-refractivity contribution in [1.29, 1.82) is 0 Å². The van der Waals surface area contributed by atoms with Crippen LogP contribution in [0.1, 0.15) is 5.89 Å². The third kappa shape index (κ3) is 3.58. The van der Waals surface area contributed by atoms with E-state index in [4.69, 9.17) is 13.7 Å². The molecule has 0 unspecified atom stereocenters. The molecule has 0 spiro atoms. The number of aromatic nitrogens is 4. The minimum absolute atomic E-state index is 0.181. The second-order valence-corrected chi connectivity index (χ2v) is 5.99. The van der Waals surface area contributed by atoms with Gasteiger partial charge in [-0.25, -0.2) is 0 Å². The highest BCUT2D eigenvalue weighted by Gasteiger charge is 2.10. The largest absolute Gasteiger partial charge is 0.484 e. The van der Waals surface area contributed by atoms with Crippen LogP contribution < -0.4 is 4.74 Å². The lowest BCUT2D eigenvalue weighted by atomic mass is 10.2. The Morgan fingerprint density at radius 2 is 1.92 bits per heavy atom. The van der Waals surface area contributed by atoms with Gasteiger partial charge in [0.05, 0.1) is 0 Å². The molecule has 8 heteroatoms. The summed E-state index contributed by atoms with van der Waals surface area (Å²) in [4.78, 5) is 4.34. The first-order chi connectivity index (χ1) is 12.3. The molecule has 0 amide bonds. The van der Waals surface area contributed by atoms with Crippen LogP contribution >= 0.6 is 15.9 Å². The van der Waals surface area contributed by atoms with Crippen LogP contribution in [0.2, 0.25) is 0 Å². The van der Waals surface area contributed by atoms with Crippen LogP contribution in [0.4, 0.5) is 0 Å². The maximum Gasteiger partial charge on any atom is 0.264 e. The third-order valence-corrected chi connectivity index (χ3v) is 3.87. The standard InChI is InChI=1S/C17H11BrN4O3/c18-13-3-1-2-12(8-13)16-20-15(25-22-16)9-23-14-6-4-11(5-7-14)17-21-19-10-24-17/h1-8,10H,9H2. The lowest BCUT2D eigenvalue weighted by Gasteiger charge is -2.03. The van der Waals surface area contributed by atoms with Crippen molar-refractivity contribution in [2.24, 2.45) is 0 Å². The highest BCUT2D eigenvalue weighted by atomic mass is 79.9. The van der Waals surface area contributed by atoms with Crippen LogP contribution in [0.5, 0.6) is 5.75 Å². The molecule has 0 aliphatic carbocycles. The summed E-state index contributed by atoms with van der Waals surface area (Å²) >= 11 is 3.42. The van der Waals surface area contributed by atoms with E-state index in [1.165, 1.54) is 6.39 Å². The molecule has 0 radical (unpaired) electrons. The minimum atomic E-state index is 0.181. The van der Waals surface area contributed by atoms with E-state index in [9.17, 15) is 0 Å². The van der Waals surface area contributed by atoms with Crippen LogP contribution in [0.25, 0.3) is 22.8 Å². The molecule has 0 saturated heterocycles. The van der Waals surface area contributed by atoms with Crippen LogP contribution in [-0.2, 0) is 6.61 Å². The van der Waals surface area contributed by atoms with Gasteiger partial charge in [-0.05, 0) is 36.4 Å². The number of benzene rings is 2. The lowest BCUT2D eigenvalue weighted by Crippen LogP contribution is -1.95. The van der Waals surface area contributed by atoms with Gasteiger partial charge in [0, 0.05) is 15.6 Å². The van der Waals surface area contributed by atoms with Crippen LogP contribution in [0.3, 0.4) is 0 Å². The monoisotopic (exact) mass is 398 g/mol. The Labute approximate surface area is 150 Å². The number of nitrogens with zero attached hydrogens (tertiary/aromatic N) is 4. The Balaban J connectivity index is 1.42. The van der Waals surface area contributed by atoms with Crippen molar-refractivity contribution in [2.75, 3.05) is 0 Å². The molecular weight excluding hydrogens is 388 g/mol. The van der Waals surface area contributed by atoms with E-state index in [0.29, 0.717) is 23.4 Å². The van der Waals surface area contributed by atoms with Crippen LogP contribution in [-0.4, -0.2) is 20.3 Å². The normalized spacial score (nSPS) is 10.8. The second kappa shape index (κ2) is 6.86. The molecule has 0 atom stereocenters. The van der Waals surface area contributed by atoms with E-state index >= 15 is 0 Å². The predicted octanol–water partition coefficient (Wildman–Crippen LogP) is 4.13. The topological polar surface area (TPSA) is 87.1 Å². The van der Waals surface area contributed by atoms with Gasteiger partial charge in [-0.2, -0.15) is 4.98 Å². The van der Waals surface area contributed by atoms with Gasteiger partial charge in [-0.1, -0.05) is 33.2 Å². The molecule has 0 bridgehead atoms. The zero-order valence-electron chi connectivity index (χ0n) is 12.8. The summed E-state index contributed by atoms with van der Waals surface area (Å²) in [7, 11) is 0. The van der Waals surface area contributed by atoms with E-state index in [1.54, 1.807) is 0 Å². The fourth-order valence-electron chi connectivity index (χ4n) is 2.20. The molecular formula is C17H11BrN4O3. The van der Waals surface area contributed by atoms with Crippen molar-refractivity contribution in [2.45, 2.75) is 6.61 Å². The Bertz CT molecular complexity index is 968. The van der Waals surface area contributed by atoms with Gasteiger partial charge in [-0.15, -0.1) is 10.2 Å². The van der Waals surface area contributed by atoms with Crippen LogP contribution in [0, 0.1) is 0 Å². The number of hydrogen-bond acceptors (Lipinski definition) is 7. The Hall–Kier alpha value is -3.00. The van der Waals surface area contributed by atoms with Crippen LogP contribution in [0.15, 0.2) is 68.3 Å². The molecule has 4 rings (SSSR count). The Morgan fingerprint density at radius 3 is 2.68 bits per heavy atom. The average molecular weight is 399 g/mol. The van der Waals surface area contributed by atoms with E-state index in [0.717, 1.165) is 15.6 Å². The summed E-state index contributed by atoms with van der Waals surface area (Å²) in [6.45, 7) is 0.181. The maximum atomic E-state index is 5.67. The molecule has 2 aromatic heterocycles. The van der Waals surface area contributed by atoms with Gasteiger partial charge in [0.1, 0.15) is 5.75 Å². The second-order valence-electron chi connectivity index (χ2n) is 5.08. The van der Waals surface area contributed by atoms with E-state index in [2.05, 4.69) is 36.3 Å². The van der Waals surface area contributed by atoms with Gasteiger partial charge in [0.25, 0.3) is 5.89 Å². The first-order valence-electron chi connectivity index (χ1n) is 7.36. The fourth-order valence-corrected chi connectivity index (χ4v) is 2.60. The Morgan fingerprint density at radius 1 is 1.04 bits per heavy atom. The molecule has 25 heavy (non-hydrogen) atoms. The molecule has 0 aliphatic rings. The SMILES string of the molecule is Brc1cccc(-c2noc(COc3ccc(-c4nnco4)cc3)n2)c1. The number of rotatable bonds is 5. The minimum Gasteiger partial charge on any atom is -0.484 e. The van der Waals surface area contributed by atoms with E-state index < -0.39 is 0 Å². The van der Waals surface area contributed by atoms with Gasteiger partial charge in [0.2, 0.25) is 18.1 Å². The zero-order chi connectivity index (χ0) is 17.1. The number of hydrogen-bond donors (Lipinski definition) is 0. The zero-order valence-corrected chi connectivity index (χ0v) is 14.4. The smallest absolute Gasteiger partial charge is 0.264 e. The highest BCUT2D eigenvalue weighted by Crippen LogP contribution is 2.22. The van der Waals surface area contributed by atoms with Gasteiger partial charge in [-0.3, -0.25) is 0 Å². The van der Waals surface area contributed by atoms with Gasteiger partial charge in [0.15, 0.2) is 6.61 Å². The first kappa shape index (κ1) is 15.5. The molecule has 0 N–H and O–H groups in total. The van der Waals surface area contributed by atoms with Gasteiger partial charge < -0.3 is 13.7 Å². The molecule has 0 saturated carbocycles. The fraction of sp³-hybridized carbons (Fsp3) is 0.0588. The predicted molar refractivity (Wildman–Crippen MR) is 91.5 cm³/mol. The highest BCUT2D eigenvalue weighted by molar-refractivity contribution is 9.10. The summed E-state index contributed by atoms with van der Waals surface area (Å²) in [6, 6.07) is 15.0. The lowest BCUT2D eigenvalue weighted by molar-refractivity contribution is 0.243.